The lowest BCUT2D eigenvalue weighted by molar-refractivity contribution is -0.132. The zero-order valence-corrected chi connectivity index (χ0v) is 15.9. The number of benzene rings is 2. The molecule has 2 heterocycles. The number of imide groups is 1. The summed E-state index contributed by atoms with van der Waals surface area (Å²) >= 11 is 0. The summed E-state index contributed by atoms with van der Waals surface area (Å²) in [7, 11) is 0. The highest BCUT2D eigenvalue weighted by atomic mass is 19.1. The van der Waals surface area contributed by atoms with Gasteiger partial charge < -0.3 is 4.90 Å². The Morgan fingerprint density at radius 1 is 1.00 bits per heavy atom. The van der Waals surface area contributed by atoms with Gasteiger partial charge in [0.15, 0.2) is 5.78 Å². The van der Waals surface area contributed by atoms with Gasteiger partial charge in [-0.2, -0.15) is 0 Å². The van der Waals surface area contributed by atoms with E-state index in [1.807, 2.05) is 0 Å². The molecular weight excluding hydrogens is 394 g/mol. The fourth-order valence-electron chi connectivity index (χ4n) is 3.94. The quantitative estimate of drug-likeness (QED) is 0.572. The number of carbonyl (C=O) groups excluding carboxylic acids is 4. The van der Waals surface area contributed by atoms with E-state index < -0.39 is 47.6 Å². The number of likely N-dealkylation sites (tertiary alicyclic amines) is 1. The molecule has 0 aliphatic carbocycles. The molecule has 0 N–H and O–H groups in total. The molecule has 1 atom stereocenters. The number of hydrogen-bond acceptors (Lipinski definition) is 4. The number of nitrogens with zero attached hydrogens (tertiary/aromatic N) is 2. The van der Waals surface area contributed by atoms with Crippen molar-refractivity contribution in [3.05, 3.63) is 70.8 Å². The van der Waals surface area contributed by atoms with E-state index in [0.717, 1.165) is 23.1 Å². The van der Waals surface area contributed by atoms with Gasteiger partial charge >= 0.3 is 0 Å². The van der Waals surface area contributed by atoms with Crippen LogP contribution in [0.15, 0.2) is 42.5 Å². The van der Waals surface area contributed by atoms with Crippen molar-refractivity contribution in [2.24, 2.45) is 5.92 Å². The molecule has 1 unspecified atom stereocenters. The molecule has 0 spiro atoms. The fraction of sp³-hybridized carbons (Fsp3) is 0.273. The van der Waals surface area contributed by atoms with Crippen molar-refractivity contribution in [1.82, 2.24) is 9.80 Å². The van der Waals surface area contributed by atoms with Gasteiger partial charge in [-0.05, 0) is 43.2 Å². The van der Waals surface area contributed by atoms with Crippen LogP contribution in [0.4, 0.5) is 8.78 Å². The largest absolute Gasteiger partial charge is 0.340 e. The minimum atomic E-state index is -0.809. The molecule has 0 radical (unpaired) electrons. The van der Waals surface area contributed by atoms with Crippen LogP contribution in [0.3, 0.4) is 0 Å². The van der Waals surface area contributed by atoms with Crippen LogP contribution in [0, 0.1) is 17.6 Å². The molecular formula is C22H18F2N2O4. The van der Waals surface area contributed by atoms with E-state index in [2.05, 4.69) is 0 Å². The Bertz CT molecular complexity index is 1030. The lowest BCUT2D eigenvalue weighted by Crippen LogP contribution is -2.47. The van der Waals surface area contributed by atoms with E-state index in [9.17, 15) is 28.0 Å². The highest BCUT2D eigenvalue weighted by Crippen LogP contribution is 2.25. The monoisotopic (exact) mass is 412 g/mol. The number of amides is 3. The third-order valence-electron chi connectivity index (χ3n) is 5.51. The van der Waals surface area contributed by atoms with Gasteiger partial charge in [0.1, 0.15) is 18.2 Å². The van der Waals surface area contributed by atoms with Crippen LogP contribution in [0.5, 0.6) is 0 Å². The van der Waals surface area contributed by atoms with E-state index in [4.69, 9.17) is 0 Å². The van der Waals surface area contributed by atoms with Gasteiger partial charge in [0.2, 0.25) is 5.91 Å². The number of ketones is 1. The Morgan fingerprint density at radius 2 is 1.67 bits per heavy atom. The van der Waals surface area contributed by atoms with Crippen molar-refractivity contribution in [2.45, 2.75) is 12.8 Å². The Hall–Kier alpha value is -3.42. The van der Waals surface area contributed by atoms with Gasteiger partial charge in [-0.3, -0.25) is 24.1 Å². The lowest BCUT2D eigenvalue weighted by Gasteiger charge is -2.33. The summed E-state index contributed by atoms with van der Waals surface area (Å²) in [5.74, 6) is -4.30. The van der Waals surface area contributed by atoms with E-state index in [-0.39, 0.29) is 23.2 Å². The van der Waals surface area contributed by atoms with Crippen molar-refractivity contribution < 1.29 is 28.0 Å². The molecule has 0 saturated carbocycles. The number of piperidine rings is 1. The predicted octanol–water partition coefficient (Wildman–Crippen LogP) is 2.68. The molecule has 6 nitrogen and oxygen atoms in total. The number of rotatable bonds is 4. The van der Waals surface area contributed by atoms with Crippen molar-refractivity contribution in [3.63, 3.8) is 0 Å². The van der Waals surface area contributed by atoms with Crippen LogP contribution in [0.1, 0.15) is 43.9 Å². The van der Waals surface area contributed by atoms with E-state index in [0.29, 0.717) is 19.4 Å². The van der Waals surface area contributed by atoms with Gasteiger partial charge in [-0.25, -0.2) is 8.78 Å². The van der Waals surface area contributed by atoms with Crippen LogP contribution in [-0.4, -0.2) is 52.9 Å². The summed E-state index contributed by atoms with van der Waals surface area (Å²) in [4.78, 5) is 52.6. The first-order valence-electron chi connectivity index (χ1n) is 9.59. The molecule has 1 fully saturated rings. The smallest absolute Gasteiger partial charge is 0.262 e. The first-order chi connectivity index (χ1) is 14.4. The average Bonchev–Trinajstić information content (AvgIpc) is 3.00. The summed E-state index contributed by atoms with van der Waals surface area (Å²) in [6.45, 7) is -0.0458. The molecule has 1 saturated heterocycles. The second-order valence-electron chi connectivity index (χ2n) is 7.41. The molecule has 2 aromatic carbocycles. The lowest BCUT2D eigenvalue weighted by atomic mass is 9.89. The highest BCUT2D eigenvalue weighted by Gasteiger charge is 2.38. The number of Topliss-reactive ketones (excluding diaryl/α,β-unsaturated/α-hetero) is 1. The molecule has 8 heteroatoms. The molecule has 30 heavy (non-hydrogen) atoms. The van der Waals surface area contributed by atoms with Crippen LogP contribution in [0.25, 0.3) is 0 Å². The first kappa shape index (κ1) is 19.9. The second-order valence-corrected chi connectivity index (χ2v) is 7.41. The van der Waals surface area contributed by atoms with Crippen LogP contribution in [-0.2, 0) is 4.79 Å². The summed E-state index contributed by atoms with van der Waals surface area (Å²) in [5, 5.41) is 0. The van der Waals surface area contributed by atoms with Crippen LogP contribution >= 0.6 is 0 Å². The molecule has 4 rings (SSSR count). The molecule has 2 aliphatic heterocycles. The van der Waals surface area contributed by atoms with Crippen molar-refractivity contribution in [3.8, 4) is 0 Å². The Kier molecular flexibility index (Phi) is 5.15. The Morgan fingerprint density at radius 3 is 2.33 bits per heavy atom. The SMILES string of the molecule is O=C(c1cc(F)ccc1F)C1CCCN(C(=O)CN2C(=O)c3ccccc3C2=O)C1. The number of hydrogen-bond donors (Lipinski definition) is 0. The molecule has 2 aliphatic rings. The average molecular weight is 412 g/mol. The Balaban J connectivity index is 1.46. The summed E-state index contributed by atoms with van der Waals surface area (Å²) < 4.78 is 27.4. The van der Waals surface area contributed by atoms with Crippen LogP contribution < -0.4 is 0 Å². The van der Waals surface area contributed by atoms with E-state index in [1.165, 1.54) is 17.0 Å². The van der Waals surface area contributed by atoms with Gasteiger partial charge in [0.25, 0.3) is 11.8 Å². The van der Waals surface area contributed by atoms with Crippen LogP contribution in [0.2, 0.25) is 0 Å². The number of carbonyl (C=O) groups is 4. The maximum atomic E-state index is 14.0. The minimum Gasteiger partial charge on any atom is -0.340 e. The van der Waals surface area contributed by atoms with E-state index >= 15 is 0 Å². The number of fused-ring (bicyclic) bond motifs is 1. The maximum Gasteiger partial charge on any atom is 0.262 e. The number of halogens is 2. The zero-order valence-electron chi connectivity index (χ0n) is 15.9. The summed E-state index contributed by atoms with van der Waals surface area (Å²) in [5.41, 5.74) is 0.168. The first-order valence-corrected chi connectivity index (χ1v) is 9.59. The fourth-order valence-corrected chi connectivity index (χ4v) is 3.94. The van der Waals surface area contributed by atoms with Gasteiger partial charge in [0.05, 0.1) is 16.7 Å². The van der Waals surface area contributed by atoms with Crippen molar-refractivity contribution in [1.29, 1.82) is 0 Å². The second kappa shape index (κ2) is 7.78. The zero-order chi connectivity index (χ0) is 21.4. The van der Waals surface area contributed by atoms with Gasteiger partial charge in [0, 0.05) is 19.0 Å². The Labute approximate surface area is 171 Å². The van der Waals surface area contributed by atoms with Gasteiger partial charge in [-0.1, -0.05) is 12.1 Å². The van der Waals surface area contributed by atoms with Gasteiger partial charge in [-0.15, -0.1) is 0 Å². The molecule has 0 aromatic heterocycles. The predicted molar refractivity (Wildman–Crippen MR) is 102 cm³/mol. The van der Waals surface area contributed by atoms with Crippen molar-refractivity contribution in [2.75, 3.05) is 19.6 Å². The highest BCUT2D eigenvalue weighted by molar-refractivity contribution is 6.22. The standard InChI is InChI=1S/C22H18F2N2O4/c23-14-7-8-18(24)17(10-14)20(28)13-4-3-9-25(11-13)19(27)12-26-21(29)15-5-1-2-6-16(15)22(26)30/h1-2,5-8,10,13H,3-4,9,11-12H2. The summed E-state index contributed by atoms with van der Waals surface area (Å²) in [6, 6.07) is 9.04. The molecule has 0 bridgehead atoms. The van der Waals surface area contributed by atoms with Crippen molar-refractivity contribution >= 4 is 23.5 Å². The normalized spacial score (nSPS) is 18.5. The maximum absolute atomic E-state index is 14.0. The minimum absolute atomic E-state index is 0.0246. The molecule has 154 valence electrons. The molecule has 2 aromatic rings. The molecule has 3 amide bonds. The topological polar surface area (TPSA) is 74.8 Å². The van der Waals surface area contributed by atoms with E-state index in [1.54, 1.807) is 12.1 Å². The third-order valence-corrected chi connectivity index (χ3v) is 5.51. The summed E-state index contributed by atoms with van der Waals surface area (Å²) in [6.07, 6.45) is 0.937. The third kappa shape index (κ3) is 3.49.